The van der Waals surface area contributed by atoms with Gasteiger partial charge in [0.1, 0.15) is 23.9 Å². The standard InChI is InChI=1S/C30H29NO6/c1-17-25(29(34)37-15-18-9-11-19(35-4)12-10-18)26(27-22(31-17)13-30(2,3)14-23(27)32)21-16-36-24-8-6-5-7-20(24)28(21)33/h5-12,16,25-26,31H,1,13-15H2,2-4H3. The van der Waals surface area contributed by atoms with Gasteiger partial charge in [-0.15, -0.1) is 0 Å². The van der Waals surface area contributed by atoms with Gasteiger partial charge in [-0.2, -0.15) is 0 Å². The molecule has 37 heavy (non-hydrogen) atoms. The normalized spacial score (nSPS) is 20.8. The summed E-state index contributed by atoms with van der Waals surface area (Å²) in [4.78, 5) is 40.7. The largest absolute Gasteiger partial charge is 0.497 e. The van der Waals surface area contributed by atoms with Gasteiger partial charge >= 0.3 is 5.97 Å². The summed E-state index contributed by atoms with van der Waals surface area (Å²) >= 11 is 0. The van der Waals surface area contributed by atoms with Crippen LogP contribution >= 0.6 is 0 Å². The minimum atomic E-state index is -0.980. The lowest BCUT2D eigenvalue weighted by molar-refractivity contribution is -0.149. The van der Waals surface area contributed by atoms with Crippen LogP contribution < -0.4 is 15.5 Å². The monoisotopic (exact) mass is 499 g/mol. The molecule has 7 nitrogen and oxygen atoms in total. The van der Waals surface area contributed by atoms with Gasteiger partial charge < -0.3 is 19.2 Å². The maximum Gasteiger partial charge on any atom is 0.316 e. The molecule has 0 spiro atoms. The van der Waals surface area contributed by atoms with Crippen LogP contribution in [0.5, 0.6) is 5.75 Å². The lowest BCUT2D eigenvalue weighted by Crippen LogP contribution is -2.44. The molecule has 2 heterocycles. The van der Waals surface area contributed by atoms with Crippen molar-refractivity contribution in [1.82, 2.24) is 5.32 Å². The second-order valence-corrected chi connectivity index (χ2v) is 10.4. The number of hydrogen-bond donors (Lipinski definition) is 1. The Morgan fingerprint density at radius 3 is 2.57 bits per heavy atom. The van der Waals surface area contributed by atoms with E-state index in [-0.39, 0.29) is 28.8 Å². The van der Waals surface area contributed by atoms with Crippen molar-refractivity contribution in [2.75, 3.05) is 7.11 Å². The van der Waals surface area contributed by atoms with Gasteiger partial charge in [0.2, 0.25) is 0 Å². The fourth-order valence-corrected chi connectivity index (χ4v) is 5.33. The van der Waals surface area contributed by atoms with Crippen LogP contribution in [0.3, 0.4) is 0 Å². The molecule has 2 unspecified atom stereocenters. The first kappa shape index (κ1) is 24.6. The fourth-order valence-electron chi connectivity index (χ4n) is 5.33. The van der Waals surface area contributed by atoms with Crippen LogP contribution in [0.4, 0.5) is 0 Å². The number of carbonyl (C=O) groups excluding carboxylic acids is 2. The number of hydrogen-bond acceptors (Lipinski definition) is 7. The molecule has 1 aliphatic carbocycles. The van der Waals surface area contributed by atoms with E-state index in [4.69, 9.17) is 13.9 Å². The molecule has 0 radical (unpaired) electrons. The summed E-state index contributed by atoms with van der Waals surface area (Å²) in [6.07, 6.45) is 2.27. The molecule has 1 aromatic heterocycles. The number of ether oxygens (including phenoxy) is 2. The van der Waals surface area contributed by atoms with Crippen LogP contribution in [-0.2, 0) is 20.9 Å². The number of esters is 1. The maximum atomic E-state index is 13.6. The summed E-state index contributed by atoms with van der Waals surface area (Å²) in [7, 11) is 1.58. The van der Waals surface area contributed by atoms with E-state index in [0.717, 1.165) is 5.56 Å². The van der Waals surface area contributed by atoms with Gasteiger partial charge in [-0.1, -0.05) is 44.7 Å². The van der Waals surface area contributed by atoms with Crippen molar-refractivity contribution < 1.29 is 23.5 Å². The zero-order valence-corrected chi connectivity index (χ0v) is 21.1. The van der Waals surface area contributed by atoms with Gasteiger partial charge in [0, 0.05) is 34.9 Å². The zero-order valence-electron chi connectivity index (χ0n) is 21.1. The minimum absolute atomic E-state index is 0.0263. The van der Waals surface area contributed by atoms with Crippen LogP contribution in [-0.4, -0.2) is 18.9 Å². The Morgan fingerprint density at radius 2 is 1.84 bits per heavy atom. The molecule has 5 rings (SSSR count). The van der Waals surface area contributed by atoms with Crippen molar-refractivity contribution in [2.45, 2.75) is 39.2 Å². The van der Waals surface area contributed by atoms with E-state index in [2.05, 4.69) is 11.9 Å². The molecular weight excluding hydrogens is 470 g/mol. The number of fused-ring (bicyclic) bond motifs is 1. The summed E-state index contributed by atoms with van der Waals surface area (Å²) < 4.78 is 16.7. The molecule has 1 N–H and O–H groups in total. The van der Waals surface area contributed by atoms with Gasteiger partial charge in [-0.25, -0.2) is 0 Å². The molecule has 3 aromatic rings. The third-order valence-electron chi connectivity index (χ3n) is 7.09. The average Bonchev–Trinajstić information content (AvgIpc) is 2.86. The summed E-state index contributed by atoms with van der Waals surface area (Å²) in [5.74, 6) is -1.82. The molecule has 190 valence electrons. The van der Waals surface area contributed by atoms with Crippen molar-refractivity contribution in [3.8, 4) is 5.75 Å². The number of rotatable bonds is 5. The van der Waals surface area contributed by atoms with Crippen molar-refractivity contribution in [2.24, 2.45) is 11.3 Å². The maximum absolute atomic E-state index is 13.6. The van der Waals surface area contributed by atoms with Crippen LogP contribution in [0.2, 0.25) is 0 Å². The first-order valence-corrected chi connectivity index (χ1v) is 12.2. The quantitative estimate of drug-likeness (QED) is 0.494. The Kier molecular flexibility index (Phi) is 6.23. The number of nitrogens with one attached hydrogen (secondary N) is 1. The van der Waals surface area contributed by atoms with Crippen LogP contribution in [0, 0.1) is 11.3 Å². The van der Waals surface area contributed by atoms with Gasteiger partial charge in [-0.3, -0.25) is 14.4 Å². The highest BCUT2D eigenvalue weighted by molar-refractivity contribution is 6.01. The van der Waals surface area contributed by atoms with Crippen LogP contribution in [0.25, 0.3) is 11.0 Å². The van der Waals surface area contributed by atoms with Crippen molar-refractivity contribution in [1.29, 1.82) is 0 Å². The highest BCUT2D eigenvalue weighted by atomic mass is 16.5. The van der Waals surface area contributed by atoms with E-state index in [9.17, 15) is 14.4 Å². The van der Waals surface area contributed by atoms with Crippen molar-refractivity contribution in [3.63, 3.8) is 0 Å². The molecule has 0 bridgehead atoms. The van der Waals surface area contributed by atoms with Gasteiger partial charge in [0.15, 0.2) is 11.2 Å². The Hall–Kier alpha value is -4.13. The van der Waals surface area contributed by atoms with Crippen LogP contribution in [0.15, 0.2) is 87.6 Å². The Labute approximate surface area is 214 Å². The molecule has 0 fully saturated rings. The van der Waals surface area contributed by atoms with Gasteiger partial charge in [-0.05, 0) is 41.7 Å². The molecule has 2 aliphatic rings. The van der Waals surface area contributed by atoms with E-state index in [1.54, 1.807) is 43.5 Å². The number of benzene rings is 2. The van der Waals surface area contributed by atoms with E-state index in [1.165, 1.54) is 6.26 Å². The minimum Gasteiger partial charge on any atom is -0.497 e. The number of allylic oxidation sites excluding steroid dienone is 2. The second-order valence-electron chi connectivity index (χ2n) is 10.4. The number of ketones is 1. The number of Topliss-reactive ketones (excluding diaryl/α,β-unsaturated/α-hetero) is 1. The van der Waals surface area contributed by atoms with E-state index in [0.29, 0.717) is 46.5 Å². The van der Waals surface area contributed by atoms with Gasteiger partial charge in [0.05, 0.1) is 18.8 Å². The molecular formula is C30H29NO6. The molecule has 7 heteroatoms. The van der Waals surface area contributed by atoms with Crippen molar-refractivity contribution >= 4 is 22.7 Å². The molecule has 0 amide bonds. The third kappa shape index (κ3) is 4.57. The van der Waals surface area contributed by atoms with E-state index < -0.39 is 17.8 Å². The SMILES string of the molecule is C=C1NC2=C(C(=O)CC(C)(C)C2)C(c2coc3ccccc3c2=O)C1C(=O)OCc1ccc(OC)cc1. The molecule has 0 saturated carbocycles. The van der Waals surface area contributed by atoms with Crippen molar-refractivity contribution in [3.05, 3.63) is 99.7 Å². The summed E-state index contributed by atoms with van der Waals surface area (Å²) in [5, 5.41) is 3.61. The van der Waals surface area contributed by atoms with Crippen LogP contribution in [0.1, 0.15) is 43.7 Å². The summed E-state index contributed by atoms with van der Waals surface area (Å²) in [5.41, 5.74) is 2.44. The lowest BCUT2D eigenvalue weighted by atomic mass is 9.66. The topological polar surface area (TPSA) is 94.8 Å². The Balaban J connectivity index is 1.57. The summed E-state index contributed by atoms with van der Waals surface area (Å²) in [6.45, 7) is 8.19. The smallest absolute Gasteiger partial charge is 0.316 e. The second kappa shape index (κ2) is 9.39. The third-order valence-corrected chi connectivity index (χ3v) is 7.09. The highest BCUT2D eigenvalue weighted by Crippen LogP contribution is 2.47. The molecule has 2 atom stereocenters. The molecule has 2 aromatic carbocycles. The number of para-hydroxylation sites is 1. The molecule has 0 saturated heterocycles. The fraction of sp³-hybridized carbons (Fsp3) is 0.300. The summed E-state index contributed by atoms with van der Waals surface area (Å²) in [6, 6.07) is 14.1. The van der Waals surface area contributed by atoms with Gasteiger partial charge in [0.25, 0.3) is 0 Å². The Bertz CT molecular complexity index is 1490. The molecule has 1 aliphatic heterocycles. The number of carbonyl (C=O) groups is 2. The van der Waals surface area contributed by atoms with E-state index in [1.807, 2.05) is 26.0 Å². The lowest BCUT2D eigenvalue weighted by Gasteiger charge is -2.41. The predicted octanol–water partition coefficient (Wildman–Crippen LogP) is 5.00. The zero-order chi connectivity index (χ0) is 26.3. The number of methoxy groups -OCH3 is 1. The first-order valence-electron chi connectivity index (χ1n) is 12.2. The Morgan fingerprint density at radius 1 is 1.11 bits per heavy atom. The average molecular weight is 500 g/mol. The predicted molar refractivity (Wildman–Crippen MR) is 139 cm³/mol. The highest BCUT2D eigenvalue weighted by Gasteiger charge is 2.47. The first-order chi connectivity index (χ1) is 17.7. The van der Waals surface area contributed by atoms with E-state index >= 15 is 0 Å².